The van der Waals surface area contributed by atoms with Crippen molar-refractivity contribution in [2.45, 2.75) is 32.2 Å². The third kappa shape index (κ3) is 4.06. The predicted molar refractivity (Wildman–Crippen MR) is 93.1 cm³/mol. The van der Waals surface area contributed by atoms with Gasteiger partial charge < -0.3 is 20.0 Å². The molecule has 3 heterocycles. The number of aliphatic hydroxyl groups is 2. The average Bonchev–Trinajstić information content (AvgIpc) is 3.15. The van der Waals surface area contributed by atoms with E-state index in [4.69, 9.17) is 5.11 Å². The van der Waals surface area contributed by atoms with Crippen LogP contribution in [0.4, 0.5) is 0 Å². The Balaban J connectivity index is 1.75. The van der Waals surface area contributed by atoms with Crippen molar-refractivity contribution in [2.24, 2.45) is 0 Å². The number of nitrogens with zero attached hydrogens (tertiary/aromatic N) is 5. The van der Waals surface area contributed by atoms with Gasteiger partial charge in [0.1, 0.15) is 16.8 Å². The Morgan fingerprint density at radius 2 is 2.24 bits per heavy atom. The third-order valence-electron chi connectivity index (χ3n) is 4.06. The molecule has 0 bridgehead atoms. The van der Waals surface area contributed by atoms with Crippen molar-refractivity contribution in [3.63, 3.8) is 0 Å². The van der Waals surface area contributed by atoms with Gasteiger partial charge in [-0.05, 0) is 26.6 Å². The number of thiazole rings is 1. The number of hydrogen-bond donors (Lipinski definition) is 2. The van der Waals surface area contributed by atoms with Gasteiger partial charge in [-0.1, -0.05) is 0 Å². The highest BCUT2D eigenvalue weighted by atomic mass is 32.1. The van der Waals surface area contributed by atoms with Crippen LogP contribution in [0.2, 0.25) is 0 Å². The van der Waals surface area contributed by atoms with E-state index in [0.29, 0.717) is 37.6 Å². The fourth-order valence-electron chi connectivity index (χ4n) is 2.83. The maximum Gasteiger partial charge on any atom is 0.273 e. The van der Waals surface area contributed by atoms with Crippen molar-refractivity contribution >= 4 is 17.2 Å². The standard InChI is InChI=1S/C16H23N5O3S/c1-19(2)8-15-17-13(10-25-15)16(24)20-4-3-5-21-11(7-20)6-12(18-21)14(23)9-22/h6,10,14,22-23H,3-5,7-9H2,1-2H3/t14-/m1/s1. The number of aliphatic hydroxyl groups excluding tert-OH is 2. The molecule has 0 saturated carbocycles. The molecule has 2 aromatic heterocycles. The molecule has 2 N–H and O–H groups in total. The summed E-state index contributed by atoms with van der Waals surface area (Å²) < 4.78 is 1.81. The summed E-state index contributed by atoms with van der Waals surface area (Å²) in [6.07, 6.45) is -0.209. The summed E-state index contributed by atoms with van der Waals surface area (Å²) in [5.74, 6) is -0.0832. The Labute approximate surface area is 150 Å². The molecule has 8 nitrogen and oxygen atoms in total. The SMILES string of the molecule is CN(C)Cc1nc(C(=O)N2CCCn3nc([C@H](O)CO)cc3C2)cs1. The molecule has 1 atom stereocenters. The molecule has 3 rings (SSSR count). The first kappa shape index (κ1) is 18.0. The zero-order valence-corrected chi connectivity index (χ0v) is 15.2. The molecule has 0 radical (unpaired) electrons. The van der Waals surface area contributed by atoms with E-state index in [-0.39, 0.29) is 12.5 Å². The average molecular weight is 365 g/mol. The van der Waals surface area contributed by atoms with E-state index in [9.17, 15) is 9.90 Å². The van der Waals surface area contributed by atoms with E-state index in [2.05, 4.69) is 10.1 Å². The fraction of sp³-hybridized carbons (Fsp3) is 0.562. The van der Waals surface area contributed by atoms with Gasteiger partial charge >= 0.3 is 0 Å². The lowest BCUT2D eigenvalue weighted by molar-refractivity contribution is 0.0740. The molecule has 0 aromatic carbocycles. The first-order valence-electron chi connectivity index (χ1n) is 8.22. The monoisotopic (exact) mass is 365 g/mol. The maximum atomic E-state index is 12.8. The van der Waals surface area contributed by atoms with E-state index in [1.54, 1.807) is 15.6 Å². The minimum Gasteiger partial charge on any atom is -0.393 e. The first-order valence-corrected chi connectivity index (χ1v) is 9.10. The summed E-state index contributed by atoms with van der Waals surface area (Å²) in [6, 6.07) is 1.75. The first-order chi connectivity index (χ1) is 12.0. The smallest absolute Gasteiger partial charge is 0.273 e. The zero-order valence-electron chi connectivity index (χ0n) is 14.4. The largest absolute Gasteiger partial charge is 0.393 e. The second-order valence-electron chi connectivity index (χ2n) is 6.43. The molecular weight excluding hydrogens is 342 g/mol. The van der Waals surface area contributed by atoms with Crippen LogP contribution in [0.15, 0.2) is 11.4 Å². The van der Waals surface area contributed by atoms with Gasteiger partial charge in [-0.25, -0.2) is 4.98 Å². The Morgan fingerprint density at radius 1 is 1.44 bits per heavy atom. The summed E-state index contributed by atoms with van der Waals surface area (Å²) in [5, 5.41) is 25.9. The summed E-state index contributed by atoms with van der Waals surface area (Å²) in [5.41, 5.74) is 1.77. The van der Waals surface area contributed by atoms with Crippen LogP contribution in [0.3, 0.4) is 0 Å². The number of aromatic nitrogens is 3. The van der Waals surface area contributed by atoms with Gasteiger partial charge in [-0.15, -0.1) is 11.3 Å². The molecule has 1 aliphatic rings. The minimum atomic E-state index is -0.990. The molecule has 0 spiro atoms. The number of carbonyl (C=O) groups is 1. The fourth-order valence-corrected chi connectivity index (χ4v) is 3.71. The number of amides is 1. The van der Waals surface area contributed by atoms with Crippen LogP contribution >= 0.6 is 11.3 Å². The number of aryl methyl sites for hydroxylation is 1. The highest BCUT2D eigenvalue weighted by Gasteiger charge is 2.24. The third-order valence-corrected chi connectivity index (χ3v) is 4.89. The van der Waals surface area contributed by atoms with Crippen molar-refractivity contribution in [1.29, 1.82) is 0 Å². The van der Waals surface area contributed by atoms with Crippen LogP contribution < -0.4 is 0 Å². The van der Waals surface area contributed by atoms with Gasteiger partial charge in [-0.2, -0.15) is 5.10 Å². The van der Waals surface area contributed by atoms with E-state index in [1.165, 1.54) is 11.3 Å². The van der Waals surface area contributed by atoms with Gasteiger partial charge in [0.2, 0.25) is 0 Å². The summed E-state index contributed by atoms with van der Waals surface area (Å²) >= 11 is 1.49. The topological polar surface area (TPSA) is 94.7 Å². The quantitative estimate of drug-likeness (QED) is 0.800. The highest BCUT2D eigenvalue weighted by molar-refractivity contribution is 7.09. The van der Waals surface area contributed by atoms with Crippen molar-refractivity contribution in [2.75, 3.05) is 27.2 Å². The summed E-state index contributed by atoms with van der Waals surface area (Å²) in [4.78, 5) is 21.0. The second kappa shape index (κ2) is 7.61. The normalized spacial score (nSPS) is 16.0. The van der Waals surface area contributed by atoms with E-state index in [0.717, 1.165) is 17.1 Å². The Kier molecular flexibility index (Phi) is 5.48. The van der Waals surface area contributed by atoms with E-state index in [1.807, 2.05) is 24.4 Å². The minimum absolute atomic E-state index is 0.0832. The van der Waals surface area contributed by atoms with Crippen LogP contribution in [0.25, 0.3) is 0 Å². The highest BCUT2D eigenvalue weighted by Crippen LogP contribution is 2.20. The van der Waals surface area contributed by atoms with Crippen LogP contribution in [0, 0.1) is 0 Å². The van der Waals surface area contributed by atoms with Gasteiger partial charge in [0.15, 0.2) is 0 Å². The van der Waals surface area contributed by atoms with Crippen LogP contribution in [0.1, 0.15) is 39.4 Å². The lowest BCUT2D eigenvalue weighted by atomic mass is 10.2. The molecular formula is C16H23N5O3S. The van der Waals surface area contributed by atoms with Gasteiger partial charge in [-0.3, -0.25) is 9.48 Å². The molecule has 136 valence electrons. The molecule has 0 unspecified atom stereocenters. The van der Waals surface area contributed by atoms with Crippen molar-refractivity contribution < 1.29 is 15.0 Å². The molecule has 9 heteroatoms. The number of carbonyl (C=O) groups excluding carboxylic acids is 1. The van der Waals surface area contributed by atoms with Crippen LogP contribution in [-0.4, -0.2) is 67.9 Å². The molecule has 0 saturated heterocycles. The lowest BCUT2D eigenvalue weighted by Crippen LogP contribution is -2.31. The van der Waals surface area contributed by atoms with Crippen LogP contribution in [0.5, 0.6) is 0 Å². The van der Waals surface area contributed by atoms with Gasteiger partial charge in [0.25, 0.3) is 5.91 Å². The van der Waals surface area contributed by atoms with Crippen molar-refractivity contribution in [1.82, 2.24) is 24.6 Å². The molecule has 0 fully saturated rings. The summed E-state index contributed by atoms with van der Waals surface area (Å²) in [6.45, 7) is 2.09. The maximum absolute atomic E-state index is 12.8. The molecule has 1 amide bonds. The lowest BCUT2D eigenvalue weighted by Gasteiger charge is -2.18. The summed E-state index contributed by atoms with van der Waals surface area (Å²) in [7, 11) is 3.94. The Hall–Kier alpha value is -1.81. The molecule has 2 aromatic rings. The zero-order chi connectivity index (χ0) is 18.0. The van der Waals surface area contributed by atoms with Gasteiger partial charge in [0, 0.05) is 25.0 Å². The van der Waals surface area contributed by atoms with Crippen molar-refractivity contribution in [3.8, 4) is 0 Å². The predicted octanol–water partition coefficient (Wildman–Crippen LogP) is 0.473. The Morgan fingerprint density at radius 3 is 2.96 bits per heavy atom. The second-order valence-corrected chi connectivity index (χ2v) is 7.37. The molecule has 1 aliphatic heterocycles. The Bertz CT molecular complexity index is 742. The van der Waals surface area contributed by atoms with E-state index >= 15 is 0 Å². The number of fused-ring (bicyclic) bond motifs is 1. The molecule has 0 aliphatic carbocycles. The number of rotatable bonds is 5. The molecule has 25 heavy (non-hydrogen) atoms. The van der Waals surface area contributed by atoms with E-state index < -0.39 is 6.10 Å². The van der Waals surface area contributed by atoms with Crippen molar-refractivity contribution in [3.05, 3.63) is 33.5 Å². The van der Waals surface area contributed by atoms with Gasteiger partial charge in [0.05, 0.1) is 24.5 Å². The van der Waals surface area contributed by atoms with Crippen LogP contribution in [-0.2, 0) is 19.6 Å². The number of hydrogen-bond acceptors (Lipinski definition) is 7.